The van der Waals surface area contributed by atoms with Crippen LogP contribution in [0.1, 0.15) is 35.6 Å². The lowest BCUT2D eigenvalue weighted by Crippen LogP contribution is -2.45. The summed E-state index contributed by atoms with van der Waals surface area (Å²) in [6, 6.07) is 13.1. The van der Waals surface area contributed by atoms with Crippen LogP contribution in [-0.2, 0) is 20.9 Å². The number of aromatic nitrogens is 2. The van der Waals surface area contributed by atoms with Gasteiger partial charge in [0, 0.05) is 13.7 Å². The van der Waals surface area contributed by atoms with E-state index < -0.39 is 23.9 Å². The zero-order valence-corrected chi connectivity index (χ0v) is 17.9. The van der Waals surface area contributed by atoms with Crippen molar-refractivity contribution in [3.8, 4) is 0 Å². The second-order valence-corrected chi connectivity index (χ2v) is 7.66. The Morgan fingerprint density at radius 3 is 2.75 bits per heavy atom. The Balaban J connectivity index is 1.48. The first-order valence-electron chi connectivity index (χ1n) is 10.4. The molecule has 2 atom stereocenters. The molecule has 0 aliphatic carbocycles. The molecule has 0 spiro atoms. The minimum Gasteiger partial charge on any atom is -0.383 e. The highest BCUT2D eigenvalue weighted by molar-refractivity contribution is 6.10. The number of ether oxygens (including phenoxy) is 1. The second-order valence-electron chi connectivity index (χ2n) is 7.66. The number of amides is 3. The number of hydrogen-bond donors (Lipinski definition) is 3. The third-order valence-corrected chi connectivity index (χ3v) is 5.41. The molecular weight excluding hydrogens is 410 g/mol. The SMILES string of the molecule is COCCn1c(C(C)NC(=O)CC2NC(=O)c3ccccc3NC2=O)nc2ccccc21. The smallest absolute Gasteiger partial charge is 0.254 e. The van der Waals surface area contributed by atoms with E-state index in [0.717, 1.165) is 11.0 Å². The largest absolute Gasteiger partial charge is 0.383 e. The summed E-state index contributed by atoms with van der Waals surface area (Å²) in [4.78, 5) is 42.5. The van der Waals surface area contributed by atoms with Crippen molar-refractivity contribution in [2.75, 3.05) is 19.0 Å². The lowest BCUT2D eigenvalue weighted by molar-refractivity contribution is -0.126. The molecule has 1 aromatic heterocycles. The maximum absolute atomic E-state index is 12.8. The first-order valence-corrected chi connectivity index (χ1v) is 10.4. The summed E-state index contributed by atoms with van der Waals surface area (Å²) in [7, 11) is 1.63. The summed E-state index contributed by atoms with van der Waals surface area (Å²) in [5, 5.41) is 8.25. The van der Waals surface area contributed by atoms with E-state index in [1.165, 1.54) is 0 Å². The topological polar surface area (TPSA) is 114 Å². The van der Waals surface area contributed by atoms with E-state index in [0.29, 0.717) is 30.2 Å². The predicted molar refractivity (Wildman–Crippen MR) is 119 cm³/mol. The monoisotopic (exact) mass is 435 g/mol. The molecule has 1 aliphatic heterocycles. The van der Waals surface area contributed by atoms with Crippen molar-refractivity contribution in [3.05, 3.63) is 59.9 Å². The zero-order chi connectivity index (χ0) is 22.7. The lowest BCUT2D eigenvalue weighted by Gasteiger charge is -2.18. The molecule has 32 heavy (non-hydrogen) atoms. The van der Waals surface area contributed by atoms with Crippen molar-refractivity contribution in [2.45, 2.75) is 32.0 Å². The first-order chi connectivity index (χ1) is 15.5. The number of nitrogens with zero attached hydrogens (tertiary/aromatic N) is 2. The molecule has 0 saturated heterocycles. The summed E-state index contributed by atoms with van der Waals surface area (Å²) in [6.07, 6.45) is -0.186. The lowest BCUT2D eigenvalue weighted by atomic mass is 10.1. The van der Waals surface area contributed by atoms with Crippen molar-refractivity contribution in [3.63, 3.8) is 0 Å². The van der Waals surface area contributed by atoms with Crippen molar-refractivity contribution in [1.29, 1.82) is 0 Å². The van der Waals surface area contributed by atoms with Crippen molar-refractivity contribution < 1.29 is 19.1 Å². The second kappa shape index (κ2) is 9.19. The maximum Gasteiger partial charge on any atom is 0.254 e. The molecule has 3 aromatic rings. The van der Waals surface area contributed by atoms with E-state index in [-0.39, 0.29) is 12.3 Å². The normalized spacial score (nSPS) is 16.6. The third-order valence-electron chi connectivity index (χ3n) is 5.41. The highest BCUT2D eigenvalue weighted by atomic mass is 16.5. The molecule has 0 radical (unpaired) electrons. The van der Waals surface area contributed by atoms with Gasteiger partial charge in [0.25, 0.3) is 5.91 Å². The van der Waals surface area contributed by atoms with Gasteiger partial charge in [0.15, 0.2) is 0 Å². The van der Waals surface area contributed by atoms with E-state index in [2.05, 4.69) is 20.9 Å². The zero-order valence-electron chi connectivity index (χ0n) is 17.9. The molecule has 9 heteroatoms. The predicted octanol–water partition coefficient (Wildman–Crippen LogP) is 2.00. The number of benzene rings is 2. The average molecular weight is 435 g/mol. The molecule has 2 heterocycles. The van der Waals surface area contributed by atoms with Crippen LogP contribution in [0.3, 0.4) is 0 Å². The fourth-order valence-electron chi connectivity index (χ4n) is 3.85. The van der Waals surface area contributed by atoms with Gasteiger partial charge in [-0.15, -0.1) is 0 Å². The standard InChI is InChI=1S/C23H25N5O4/c1-14(21-25-17-9-5-6-10-19(17)28(21)11-12-32-2)24-20(29)13-18-23(31)26-16-8-4-3-7-15(16)22(30)27-18/h3-10,14,18H,11-13H2,1-2H3,(H,24,29)(H,26,31)(H,27,30). The minimum atomic E-state index is -0.977. The van der Waals surface area contributed by atoms with Gasteiger partial charge in [0.2, 0.25) is 11.8 Å². The van der Waals surface area contributed by atoms with Gasteiger partial charge in [0.05, 0.1) is 41.4 Å². The van der Waals surface area contributed by atoms with Crippen LogP contribution in [0.25, 0.3) is 11.0 Å². The van der Waals surface area contributed by atoms with Gasteiger partial charge in [-0.1, -0.05) is 24.3 Å². The molecule has 0 saturated carbocycles. The minimum absolute atomic E-state index is 0.186. The average Bonchev–Trinajstić information content (AvgIpc) is 3.10. The van der Waals surface area contributed by atoms with Gasteiger partial charge < -0.3 is 25.3 Å². The van der Waals surface area contributed by atoms with E-state index >= 15 is 0 Å². The number of rotatable bonds is 7. The van der Waals surface area contributed by atoms with Crippen LogP contribution in [-0.4, -0.2) is 47.0 Å². The quantitative estimate of drug-likeness (QED) is 0.525. The number of carbonyl (C=O) groups is 3. The van der Waals surface area contributed by atoms with E-state index in [4.69, 9.17) is 4.74 Å². The molecule has 166 valence electrons. The van der Waals surface area contributed by atoms with Gasteiger partial charge in [-0.2, -0.15) is 0 Å². The van der Waals surface area contributed by atoms with Crippen molar-refractivity contribution in [1.82, 2.24) is 20.2 Å². The summed E-state index contributed by atoms with van der Waals surface area (Å²) < 4.78 is 7.23. The Morgan fingerprint density at radius 2 is 1.94 bits per heavy atom. The Kier molecular flexibility index (Phi) is 6.18. The van der Waals surface area contributed by atoms with Gasteiger partial charge in [-0.3, -0.25) is 14.4 Å². The Labute approximate surface area is 185 Å². The molecule has 9 nitrogen and oxygen atoms in total. The number of hydrogen-bond acceptors (Lipinski definition) is 5. The van der Waals surface area contributed by atoms with Crippen LogP contribution in [0.4, 0.5) is 5.69 Å². The van der Waals surface area contributed by atoms with Gasteiger partial charge in [0.1, 0.15) is 11.9 Å². The van der Waals surface area contributed by atoms with Crippen molar-refractivity contribution in [2.24, 2.45) is 0 Å². The van der Waals surface area contributed by atoms with Crippen molar-refractivity contribution >= 4 is 34.4 Å². The number of anilines is 1. The van der Waals surface area contributed by atoms with Crippen LogP contribution in [0.5, 0.6) is 0 Å². The Bertz CT molecular complexity index is 1170. The van der Waals surface area contributed by atoms with Gasteiger partial charge >= 0.3 is 0 Å². The molecule has 2 unspecified atom stereocenters. The number of fused-ring (bicyclic) bond motifs is 2. The molecule has 0 bridgehead atoms. The highest BCUT2D eigenvalue weighted by Gasteiger charge is 2.30. The Hall–Kier alpha value is -3.72. The summed E-state index contributed by atoms with van der Waals surface area (Å²) >= 11 is 0. The van der Waals surface area contributed by atoms with Crippen LogP contribution in [0, 0.1) is 0 Å². The van der Waals surface area contributed by atoms with Gasteiger partial charge in [-0.05, 0) is 31.2 Å². The third kappa shape index (κ3) is 4.33. The van der Waals surface area contributed by atoms with E-state index in [1.807, 2.05) is 35.8 Å². The molecular formula is C23H25N5O4. The maximum atomic E-state index is 12.8. The van der Waals surface area contributed by atoms with Crippen LogP contribution in [0.2, 0.25) is 0 Å². The van der Waals surface area contributed by atoms with Crippen LogP contribution >= 0.6 is 0 Å². The molecule has 0 fully saturated rings. The molecule has 3 N–H and O–H groups in total. The van der Waals surface area contributed by atoms with Crippen LogP contribution < -0.4 is 16.0 Å². The summed E-state index contributed by atoms with van der Waals surface area (Å²) in [5.41, 5.74) is 2.57. The molecule has 2 aromatic carbocycles. The molecule has 3 amide bonds. The fourth-order valence-corrected chi connectivity index (χ4v) is 3.85. The molecule has 4 rings (SSSR count). The van der Waals surface area contributed by atoms with Gasteiger partial charge in [-0.25, -0.2) is 4.98 Å². The van der Waals surface area contributed by atoms with Crippen LogP contribution in [0.15, 0.2) is 48.5 Å². The van der Waals surface area contributed by atoms with E-state index in [9.17, 15) is 14.4 Å². The first kappa shape index (κ1) is 21.5. The number of methoxy groups -OCH3 is 1. The summed E-state index contributed by atoms with van der Waals surface area (Å²) in [5.74, 6) is -0.503. The number of carbonyl (C=O) groups excluding carboxylic acids is 3. The fraction of sp³-hybridized carbons (Fsp3) is 0.304. The Morgan fingerprint density at radius 1 is 1.19 bits per heavy atom. The van der Waals surface area contributed by atoms with E-state index in [1.54, 1.807) is 31.4 Å². The number of para-hydroxylation sites is 3. The highest BCUT2D eigenvalue weighted by Crippen LogP contribution is 2.22. The number of nitrogens with one attached hydrogen (secondary N) is 3. The summed E-state index contributed by atoms with van der Waals surface area (Å²) in [6.45, 7) is 2.93. The number of imidazole rings is 1. The molecule has 1 aliphatic rings.